The third kappa shape index (κ3) is 4.13. The van der Waals surface area contributed by atoms with E-state index in [1.807, 2.05) is 11.4 Å². The highest BCUT2D eigenvalue weighted by molar-refractivity contribution is 7.90. The van der Waals surface area contributed by atoms with Crippen molar-refractivity contribution in [2.24, 2.45) is 0 Å². The molecule has 1 fully saturated rings. The standard InChI is InChI=1S/C18H20N2O4S2/c1-26(23,24)15-6-2-5-14(13-15)17(21)19-8-4-9-20(11-10-19)18(22)16-7-3-12-25-16/h2-3,5-7,12-13H,4,8-11H2,1H3. The van der Waals surface area contributed by atoms with Crippen LogP contribution in [0.4, 0.5) is 0 Å². The van der Waals surface area contributed by atoms with Gasteiger partial charge in [0.05, 0.1) is 9.77 Å². The topological polar surface area (TPSA) is 74.8 Å². The summed E-state index contributed by atoms with van der Waals surface area (Å²) in [6, 6.07) is 9.75. The van der Waals surface area contributed by atoms with E-state index in [-0.39, 0.29) is 16.7 Å². The van der Waals surface area contributed by atoms with Crippen LogP contribution in [0.5, 0.6) is 0 Å². The van der Waals surface area contributed by atoms with Gasteiger partial charge in [0.15, 0.2) is 9.84 Å². The van der Waals surface area contributed by atoms with Gasteiger partial charge in [0, 0.05) is 38.0 Å². The minimum atomic E-state index is -3.36. The Bertz CT molecular complexity index is 907. The van der Waals surface area contributed by atoms with E-state index >= 15 is 0 Å². The van der Waals surface area contributed by atoms with Crippen molar-refractivity contribution in [3.05, 3.63) is 52.2 Å². The Morgan fingerprint density at radius 1 is 0.962 bits per heavy atom. The summed E-state index contributed by atoms with van der Waals surface area (Å²) >= 11 is 1.41. The van der Waals surface area contributed by atoms with Gasteiger partial charge in [-0.15, -0.1) is 11.3 Å². The van der Waals surface area contributed by atoms with Crippen LogP contribution in [0.25, 0.3) is 0 Å². The first-order valence-electron chi connectivity index (χ1n) is 8.28. The molecule has 1 aromatic heterocycles. The van der Waals surface area contributed by atoms with Gasteiger partial charge in [0.1, 0.15) is 0 Å². The molecule has 0 atom stereocenters. The van der Waals surface area contributed by atoms with Crippen molar-refractivity contribution in [3.8, 4) is 0 Å². The zero-order valence-electron chi connectivity index (χ0n) is 14.4. The molecule has 138 valence electrons. The monoisotopic (exact) mass is 392 g/mol. The summed E-state index contributed by atoms with van der Waals surface area (Å²) < 4.78 is 23.4. The van der Waals surface area contributed by atoms with Gasteiger partial charge >= 0.3 is 0 Å². The maximum absolute atomic E-state index is 12.8. The molecule has 1 aromatic carbocycles. The molecule has 2 heterocycles. The van der Waals surface area contributed by atoms with Crippen LogP contribution in [-0.2, 0) is 9.84 Å². The number of sulfone groups is 1. The lowest BCUT2D eigenvalue weighted by atomic mass is 10.2. The molecule has 3 rings (SSSR count). The predicted molar refractivity (Wildman–Crippen MR) is 100 cm³/mol. The van der Waals surface area contributed by atoms with Crippen molar-refractivity contribution in [2.45, 2.75) is 11.3 Å². The lowest BCUT2D eigenvalue weighted by Crippen LogP contribution is -2.37. The van der Waals surface area contributed by atoms with E-state index in [1.165, 1.54) is 23.5 Å². The number of nitrogens with zero attached hydrogens (tertiary/aromatic N) is 2. The van der Waals surface area contributed by atoms with Crippen LogP contribution < -0.4 is 0 Å². The fraction of sp³-hybridized carbons (Fsp3) is 0.333. The van der Waals surface area contributed by atoms with E-state index in [1.54, 1.807) is 28.0 Å². The molecule has 26 heavy (non-hydrogen) atoms. The zero-order valence-corrected chi connectivity index (χ0v) is 16.1. The molecule has 0 radical (unpaired) electrons. The average Bonchev–Trinajstić information content (AvgIpc) is 3.04. The minimum absolute atomic E-state index is 0.00614. The largest absolute Gasteiger partial charge is 0.337 e. The molecular formula is C18H20N2O4S2. The summed E-state index contributed by atoms with van der Waals surface area (Å²) in [5, 5.41) is 1.87. The molecule has 0 bridgehead atoms. The third-order valence-corrected chi connectivity index (χ3v) is 6.28. The molecule has 1 saturated heterocycles. The Labute approximate surface area is 157 Å². The number of carbonyl (C=O) groups excluding carboxylic acids is 2. The first-order chi connectivity index (χ1) is 12.4. The average molecular weight is 393 g/mol. The maximum atomic E-state index is 12.8. The van der Waals surface area contributed by atoms with Crippen molar-refractivity contribution in [1.82, 2.24) is 9.80 Å². The van der Waals surface area contributed by atoms with E-state index in [0.29, 0.717) is 43.0 Å². The van der Waals surface area contributed by atoms with Crippen molar-refractivity contribution < 1.29 is 18.0 Å². The zero-order chi connectivity index (χ0) is 18.7. The van der Waals surface area contributed by atoms with Gasteiger partial charge < -0.3 is 9.80 Å². The van der Waals surface area contributed by atoms with Gasteiger partial charge in [0.25, 0.3) is 11.8 Å². The highest BCUT2D eigenvalue weighted by atomic mass is 32.2. The van der Waals surface area contributed by atoms with Crippen LogP contribution in [0.15, 0.2) is 46.7 Å². The lowest BCUT2D eigenvalue weighted by Gasteiger charge is -2.22. The van der Waals surface area contributed by atoms with Crippen molar-refractivity contribution in [1.29, 1.82) is 0 Å². The summed E-state index contributed by atoms with van der Waals surface area (Å²) in [5.74, 6) is -0.214. The highest BCUT2D eigenvalue weighted by Crippen LogP contribution is 2.17. The number of hydrogen-bond acceptors (Lipinski definition) is 5. The van der Waals surface area contributed by atoms with Crippen LogP contribution >= 0.6 is 11.3 Å². The third-order valence-electron chi connectivity index (χ3n) is 4.31. The van der Waals surface area contributed by atoms with Crippen molar-refractivity contribution in [2.75, 3.05) is 32.4 Å². The molecule has 6 nitrogen and oxygen atoms in total. The van der Waals surface area contributed by atoms with Gasteiger partial charge in [-0.25, -0.2) is 8.42 Å². The second kappa shape index (κ2) is 7.59. The number of thiophene rings is 1. The van der Waals surface area contributed by atoms with Crippen molar-refractivity contribution in [3.63, 3.8) is 0 Å². The Kier molecular flexibility index (Phi) is 5.43. The Balaban J connectivity index is 1.71. The minimum Gasteiger partial charge on any atom is -0.337 e. The Morgan fingerprint density at radius 3 is 2.27 bits per heavy atom. The second-order valence-electron chi connectivity index (χ2n) is 6.22. The number of benzene rings is 1. The second-order valence-corrected chi connectivity index (χ2v) is 9.18. The first kappa shape index (κ1) is 18.6. The summed E-state index contributed by atoms with van der Waals surface area (Å²) in [7, 11) is -3.36. The predicted octanol–water partition coefficient (Wildman–Crippen LogP) is 2.14. The molecule has 8 heteroatoms. The number of amides is 2. The first-order valence-corrected chi connectivity index (χ1v) is 11.1. The Hall–Kier alpha value is -2.19. The lowest BCUT2D eigenvalue weighted by molar-refractivity contribution is 0.0721. The fourth-order valence-electron chi connectivity index (χ4n) is 2.92. The normalized spacial score (nSPS) is 15.6. The molecule has 0 saturated carbocycles. The molecule has 2 amide bonds. The molecular weight excluding hydrogens is 372 g/mol. The van der Waals surface area contributed by atoms with Crippen molar-refractivity contribution >= 4 is 33.0 Å². The molecule has 1 aliphatic rings. The van der Waals surface area contributed by atoms with Crippen LogP contribution in [0, 0.1) is 0 Å². The highest BCUT2D eigenvalue weighted by Gasteiger charge is 2.24. The van der Waals surface area contributed by atoms with Crippen LogP contribution in [0.2, 0.25) is 0 Å². The van der Waals surface area contributed by atoms with Gasteiger partial charge in [-0.05, 0) is 36.1 Å². The number of carbonyl (C=O) groups is 2. The van der Waals surface area contributed by atoms with E-state index in [2.05, 4.69) is 0 Å². The van der Waals surface area contributed by atoms with Crippen LogP contribution in [0.1, 0.15) is 26.5 Å². The van der Waals surface area contributed by atoms with Gasteiger partial charge in [-0.2, -0.15) is 0 Å². The fourth-order valence-corrected chi connectivity index (χ4v) is 4.28. The molecule has 1 aliphatic heterocycles. The quantitative estimate of drug-likeness (QED) is 0.802. The summed E-state index contributed by atoms with van der Waals surface area (Å²) in [6.45, 7) is 2.04. The summed E-state index contributed by atoms with van der Waals surface area (Å²) in [6.07, 6.45) is 1.81. The van der Waals surface area contributed by atoms with E-state index in [9.17, 15) is 18.0 Å². The van der Waals surface area contributed by atoms with Gasteiger partial charge in [0.2, 0.25) is 0 Å². The number of hydrogen-bond donors (Lipinski definition) is 0. The van der Waals surface area contributed by atoms with Crippen LogP contribution in [0.3, 0.4) is 0 Å². The van der Waals surface area contributed by atoms with E-state index in [4.69, 9.17) is 0 Å². The SMILES string of the molecule is CS(=O)(=O)c1cccc(C(=O)N2CCCN(C(=O)c3cccs3)CC2)c1. The number of rotatable bonds is 3. The summed E-state index contributed by atoms with van der Waals surface area (Å²) in [5.41, 5.74) is 0.353. The van der Waals surface area contributed by atoms with Gasteiger partial charge in [-0.3, -0.25) is 9.59 Å². The van der Waals surface area contributed by atoms with E-state index in [0.717, 1.165) is 6.26 Å². The summed E-state index contributed by atoms with van der Waals surface area (Å²) in [4.78, 5) is 29.5. The van der Waals surface area contributed by atoms with Gasteiger partial charge in [-0.1, -0.05) is 12.1 Å². The van der Waals surface area contributed by atoms with E-state index < -0.39 is 9.84 Å². The van der Waals surface area contributed by atoms with Crippen LogP contribution in [-0.4, -0.2) is 62.5 Å². The molecule has 0 aliphatic carbocycles. The molecule has 0 unspecified atom stereocenters. The molecule has 0 N–H and O–H groups in total. The smallest absolute Gasteiger partial charge is 0.263 e. The molecule has 0 spiro atoms. The Morgan fingerprint density at radius 2 is 1.65 bits per heavy atom. The molecule has 2 aromatic rings. The maximum Gasteiger partial charge on any atom is 0.263 e.